The topological polar surface area (TPSA) is 48.4 Å². The average molecular weight is 340 g/mol. The maximum atomic E-state index is 12.5. The van der Waals surface area contributed by atoms with Gasteiger partial charge in [-0.3, -0.25) is 4.98 Å². The highest BCUT2D eigenvalue weighted by molar-refractivity contribution is 6.33. The summed E-state index contributed by atoms with van der Waals surface area (Å²) in [5.74, 6) is 0.133. The van der Waals surface area contributed by atoms with E-state index in [-0.39, 0.29) is 16.3 Å². The Balaban J connectivity index is 1.80. The van der Waals surface area contributed by atoms with Gasteiger partial charge in [-0.25, -0.2) is 4.79 Å². The van der Waals surface area contributed by atoms with Crippen molar-refractivity contribution in [1.82, 2.24) is 4.98 Å². The number of hydrogen-bond acceptors (Lipinski definition) is 4. The fraction of sp³-hybridized carbons (Fsp3) is 0.0526. The van der Waals surface area contributed by atoms with Crippen LogP contribution in [0.2, 0.25) is 5.02 Å². The first-order valence-electron chi connectivity index (χ1n) is 7.31. The summed E-state index contributed by atoms with van der Waals surface area (Å²) >= 11 is 6.13. The molecule has 0 amide bonds. The molecule has 0 unspecified atom stereocenters. The molecule has 0 spiro atoms. The molecule has 0 saturated heterocycles. The van der Waals surface area contributed by atoms with E-state index in [0.29, 0.717) is 12.4 Å². The molecule has 0 radical (unpaired) electrons. The zero-order valence-corrected chi connectivity index (χ0v) is 13.4. The molecule has 0 aliphatic rings. The predicted molar refractivity (Wildman–Crippen MR) is 91.4 cm³/mol. The Morgan fingerprint density at radius 2 is 1.62 bits per heavy atom. The van der Waals surface area contributed by atoms with Crippen molar-refractivity contribution >= 4 is 17.6 Å². The van der Waals surface area contributed by atoms with Gasteiger partial charge in [0, 0.05) is 6.20 Å². The van der Waals surface area contributed by atoms with Crippen molar-refractivity contribution in [2.75, 3.05) is 0 Å². The van der Waals surface area contributed by atoms with Gasteiger partial charge < -0.3 is 9.47 Å². The number of hydrogen-bond donors (Lipinski definition) is 0. The van der Waals surface area contributed by atoms with Gasteiger partial charge in [0.05, 0.1) is 11.2 Å². The first-order chi connectivity index (χ1) is 11.7. The summed E-state index contributed by atoms with van der Waals surface area (Å²) in [6.07, 6.45) is 2.84. The average Bonchev–Trinajstić information content (AvgIpc) is 2.61. The van der Waals surface area contributed by atoms with Crippen LogP contribution in [0.15, 0.2) is 73.1 Å². The first kappa shape index (κ1) is 16.0. The quantitative estimate of drug-likeness (QED) is 0.506. The molecular formula is C19H14ClNO3. The number of halogens is 1. The Hall–Kier alpha value is -2.85. The standard InChI is InChI=1S/C19H14ClNO3/c20-16-11-21-12-17(23-13-14-7-3-1-4-8-14)18(16)19(22)24-15-9-5-2-6-10-15/h1-12H,13H2. The van der Waals surface area contributed by atoms with Gasteiger partial charge in [-0.15, -0.1) is 0 Å². The van der Waals surface area contributed by atoms with E-state index in [0.717, 1.165) is 5.56 Å². The fourth-order valence-corrected chi connectivity index (χ4v) is 2.33. The Kier molecular flexibility index (Phi) is 5.08. The lowest BCUT2D eigenvalue weighted by atomic mass is 10.2. The smallest absolute Gasteiger partial charge is 0.348 e. The summed E-state index contributed by atoms with van der Waals surface area (Å²) in [4.78, 5) is 16.4. The minimum Gasteiger partial charge on any atom is -0.486 e. The Labute approximate surface area is 144 Å². The van der Waals surface area contributed by atoms with Crippen molar-refractivity contribution in [1.29, 1.82) is 0 Å². The van der Waals surface area contributed by atoms with Gasteiger partial charge >= 0.3 is 5.97 Å². The molecule has 0 aliphatic heterocycles. The lowest BCUT2D eigenvalue weighted by Gasteiger charge is -2.12. The molecule has 4 nitrogen and oxygen atoms in total. The van der Waals surface area contributed by atoms with Gasteiger partial charge in [0.2, 0.25) is 0 Å². The molecule has 3 aromatic rings. The van der Waals surface area contributed by atoms with Crippen molar-refractivity contribution in [2.45, 2.75) is 6.61 Å². The highest BCUT2D eigenvalue weighted by Gasteiger charge is 2.20. The molecule has 0 atom stereocenters. The summed E-state index contributed by atoms with van der Waals surface area (Å²) in [6.45, 7) is 0.300. The van der Waals surface area contributed by atoms with E-state index in [9.17, 15) is 4.79 Å². The van der Waals surface area contributed by atoms with Gasteiger partial charge in [0.15, 0.2) is 5.75 Å². The van der Waals surface area contributed by atoms with E-state index < -0.39 is 5.97 Å². The summed E-state index contributed by atoms with van der Waals surface area (Å²) in [6, 6.07) is 18.4. The second-order valence-corrected chi connectivity index (χ2v) is 5.38. The van der Waals surface area contributed by atoms with Crippen LogP contribution < -0.4 is 9.47 Å². The molecular weight excluding hydrogens is 326 g/mol. The number of carbonyl (C=O) groups is 1. The van der Waals surface area contributed by atoms with Crippen molar-refractivity contribution in [3.8, 4) is 11.5 Å². The molecule has 0 saturated carbocycles. The van der Waals surface area contributed by atoms with E-state index >= 15 is 0 Å². The van der Waals surface area contributed by atoms with Gasteiger partial charge in [-0.1, -0.05) is 60.1 Å². The minimum atomic E-state index is -0.586. The van der Waals surface area contributed by atoms with Crippen LogP contribution in [-0.2, 0) is 6.61 Å². The zero-order valence-electron chi connectivity index (χ0n) is 12.7. The van der Waals surface area contributed by atoms with Crippen LogP contribution >= 0.6 is 11.6 Å². The number of carbonyl (C=O) groups excluding carboxylic acids is 1. The molecule has 0 fully saturated rings. The third kappa shape index (κ3) is 3.91. The van der Waals surface area contributed by atoms with Crippen LogP contribution in [-0.4, -0.2) is 11.0 Å². The van der Waals surface area contributed by atoms with Gasteiger partial charge in [0.25, 0.3) is 0 Å². The Morgan fingerprint density at radius 1 is 0.958 bits per heavy atom. The number of pyridine rings is 1. The lowest BCUT2D eigenvalue weighted by Crippen LogP contribution is -2.12. The third-order valence-corrected chi connectivity index (χ3v) is 3.55. The molecule has 1 aromatic heterocycles. The number of esters is 1. The maximum Gasteiger partial charge on any atom is 0.348 e. The molecule has 2 aromatic carbocycles. The SMILES string of the molecule is O=C(Oc1ccccc1)c1c(Cl)cncc1OCc1ccccc1. The number of para-hydroxylation sites is 1. The summed E-state index contributed by atoms with van der Waals surface area (Å²) in [5.41, 5.74) is 1.13. The van der Waals surface area contributed by atoms with Gasteiger partial charge in [-0.2, -0.15) is 0 Å². The van der Waals surface area contributed by atoms with Crippen LogP contribution in [0, 0.1) is 0 Å². The number of rotatable bonds is 5. The molecule has 24 heavy (non-hydrogen) atoms. The summed E-state index contributed by atoms with van der Waals surface area (Å²) < 4.78 is 11.1. The molecule has 5 heteroatoms. The molecule has 0 aliphatic carbocycles. The third-order valence-electron chi connectivity index (χ3n) is 3.26. The summed E-state index contributed by atoms with van der Waals surface area (Å²) in [7, 11) is 0. The van der Waals surface area contributed by atoms with Crippen LogP contribution in [0.5, 0.6) is 11.5 Å². The van der Waals surface area contributed by atoms with E-state index in [1.54, 1.807) is 24.3 Å². The Bertz CT molecular complexity index is 823. The van der Waals surface area contributed by atoms with Crippen LogP contribution in [0.25, 0.3) is 0 Å². The minimum absolute atomic E-state index is 0.159. The molecule has 120 valence electrons. The monoisotopic (exact) mass is 339 g/mol. The Morgan fingerprint density at radius 3 is 2.33 bits per heavy atom. The normalized spacial score (nSPS) is 10.2. The van der Waals surface area contributed by atoms with Gasteiger partial charge in [-0.05, 0) is 17.7 Å². The summed E-state index contributed by atoms with van der Waals surface area (Å²) in [5, 5.41) is 0.182. The van der Waals surface area contributed by atoms with E-state index in [1.165, 1.54) is 12.4 Å². The molecule has 3 rings (SSSR count). The fourth-order valence-electron chi connectivity index (χ4n) is 2.11. The number of nitrogens with zero attached hydrogens (tertiary/aromatic N) is 1. The first-order valence-corrected chi connectivity index (χ1v) is 7.69. The second kappa shape index (κ2) is 7.62. The van der Waals surface area contributed by atoms with Crippen molar-refractivity contribution in [2.24, 2.45) is 0 Å². The van der Waals surface area contributed by atoms with E-state index in [1.807, 2.05) is 36.4 Å². The number of benzene rings is 2. The van der Waals surface area contributed by atoms with Crippen LogP contribution in [0.3, 0.4) is 0 Å². The highest BCUT2D eigenvalue weighted by atomic mass is 35.5. The second-order valence-electron chi connectivity index (χ2n) is 4.97. The molecule has 0 bridgehead atoms. The van der Waals surface area contributed by atoms with E-state index in [4.69, 9.17) is 21.1 Å². The van der Waals surface area contributed by atoms with Crippen molar-refractivity contribution in [3.63, 3.8) is 0 Å². The van der Waals surface area contributed by atoms with Crippen molar-refractivity contribution < 1.29 is 14.3 Å². The van der Waals surface area contributed by atoms with E-state index in [2.05, 4.69) is 4.98 Å². The molecule has 0 N–H and O–H groups in total. The lowest BCUT2D eigenvalue weighted by molar-refractivity contribution is 0.0729. The van der Waals surface area contributed by atoms with Crippen LogP contribution in [0.1, 0.15) is 15.9 Å². The predicted octanol–water partition coefficient (Wildman–Crippen LogP) is 4.53. The zero-order chi connectivity index (χ0) is 16.8. The van der Waals surface area contributed by atoms with Crippen LogP contribution in [0.4, 0.5) is 0 Å². The molecule has 1 heterocycles. The highest BCUT2D eigenvalue weighted by Crippen LogP contribution is 2.27. The maximum absolute atomic E-state index is 12.5. The largest absolute Gasteiger partial charge is 0.486 e. The number of aromatic nitrogens is 1. The van der Waals surface area contributed by atoms with Gasteiger partial charge in [0.1, 0.15) is 17.9 Å². The van der Waals surface area contributed by atoms with Crippen molar-refractivity contribution in [3.05, 3.63) is 89.2 Å². The number of ether oxygens (including phenoxy) is 2.